The molecular weight excluding hydrogens is 288 g/mol. The summed E-state index contributed by atoms with van der Waals surface area (Å²) in [7, 11) is 0. The fourth-order valence-corrected chi connectivity index (χ4v) is 2.37. The number of benzene rings is 1. The third-order valence-electron chi connectivity index (χ3n) is 3.53. The Kier molecular flexibility index (Phi) is 4.79. The maximum Gasteiger partial charge on any atom is 0.269 e. The van der Waals surface area contributed by atoms with E-state index in [0.29, 0.717) is 18.7 Å². The van der Waals surface area contributed by atoms with Crippen LogP contribution in [-0.4, -0.2) is 27.0 Å². The molecule has 0 unspecified atom stereocenters. The van der Waals surface area contributed by atoms with Gasteiger partial charge in [0, 0.05) is 38.1 Å². The minimum atomic E-state index is -0.160. The quantitative estimate of drug-likeness (QED) is 0.760. The maximum atomic E-state index is 11.9. The molecule has 1 aromatic carbocycles. The molecule has 0 aliphatic carbocycles. The van der Waals surface area contributed by atoms with E-state index in [-0.39, 0.29) is 5.91 Å². The van der Waals surface area contributed by atoms with Crippen LogP contribution in [0.1, 0.15) is 21.9 Å². The Bertz CT molecular complexity index is 753. The first-order chi connectivity index (χ1) is 11.3. The topological polar surface area (TPSA) is 59.8 Å². The first kappa shape index (κ1) is 15.0. The number of amides is 1. The summed E-state index contributed by atoms with van der Waals surface area (Å²) in [4.78, 5) is 20.4. The van der Waals surface area contributed by atoms with E-state index < -0.39 is 0 Å². The van der Waals surface area contributed by atoms with E-state index in [1.807, 2.05) is 24.4 Å². The fraction of sp³-hybridized carbons (Fsp3) is 0.167. The highest BCUT2D eigenvalue weighted by molar-refractivity contribution is 5.92. The van der Waals surface area contributed by atoms with E-state index in [0.717, 1.165) is 12.4 Å². The standard InChI is InChI=1S/C18H18N4O/c23-18(16-8-4-5-10-19-16)21-11-9-17-20-12-13-22(17)14-15-6-2-1-3-7-15/h1-8,10,12-13H,9,11,14H2,(H,21,23). The molecule has 3 aromatic rings. The van der Waals surface area contributed by atoms with Gasteiger partial charge in [0.05, 0.1) is 0 Å². The van der Waals surface area contributed by atoms with Crippen LogP contribution in [0.15, 0.2) is 67.1 Å². The molecule has 3 rings (SSSR count). The number of nitrogens with zero attached hydrogens (tertiary/aromatic N) is 3. The summed E-state index contributed by atoms with van der Waals surface area (Å²) in [5, 5.41) is 2.87. The number of carbonyl (C=O) groups is 1. The van der Waals surface area contributed by atoms with E-state index in [9.17, 15) is 4.79 Å². The Morgan fingerprint density at radius 3 is 2.61 bits per heavy atom. The lowest BCUT2D eigenvalue weighted by molar-refractivity contribution is 0.0949. The Hall–Kier alpha value is -2.95. The van der Waals surface area contributed by atoms with Gasteiger partial charge in [-0.05, 0) is 17.7 Å². The van der Waals surface area contributed by atoms with Crippen LogP contribution in [0.25, 0.3) is 0 Å². The molecule has 0 saturated carbocycles. The summed E-state index contributed by atoms with van der Waals surface area (Å²) in [5.41, 5.74) is 1.66. The zero-order valence-electron chi connectivity index (χ0n) is 12.7. The Balaban J connectivity index is 1.55. The molecule has 0 aliphatic rings. The van der Waals surface area contributed by atoms with Gasteiger partial charge in [-0.2, -0.15) is 0 Å². The molecule has 1 N–H and O–H groups in total. The second-order valence-corrected chi connectivity index (χ2v) is 5.18. The van der Waals surface area contributed by atoms with Crippen LogP contribution in [0.2, 0.25) is 0 Å². The molecule has 0 fully saturated rings. The molecule has 0 spiro atoms. The van der Waals surface area contributed by atoms with Gasteiger partial charge in [-0.1, -0.05) is 36.4 Å². The summed E-state index contributed by atoms with van der Waals surface area (Å²) in [5.74, 6) is 0.793. The lowest BCUT2D eigenvalue weighted by Crippen LogP contribution is -2.27. The maximum absolute atomic E-state index is 11.9. The lowest BCUT2D eigenvalue weighted by Gasteiger charge is -2.09. The van der Waals surface area contributed by atoms with Crippen LogP contribution in [0.4, 0.5) is 0 Å². The van der Waals surface area contributed by atoms with Crippen LogP contribution in [-0.2, 0) is 13.0 Å². The number of imidazole rings is 1. The van der Waals surface area contributed by atoms with Gasteiger partial charge >= 0.3 is 0 Å². The number of hydrogen-bond acceptors (Lipinski definition) is 3. The average Bonchev–Trinajstić information content (AvgIpc) is 3.03. The number of pyridine rings is 1. The van der Waals surface area contributed by atoms with Gasteiger partial charge in [0.15, 0.2) is 0 Å². The molecule has 0 atom stereocenters. The van der Waals surface area contributed by atoms with Gasteiger partial charge in [0.1, 0.15) is 11.5 Å². The molecule has 0 bridgehead atoms. The lowest BCUT2D eigenvalue weighted by atomic mass is 10.2. The van der Waals surface area contributed by atoms with Gasteiger partial charge in [-0.25, -0.2) is 4.98 Å². The van der Waals surface area contributed by atoms with E-state index in [1.165, 1.54) is 5.56 Å². The number of nitrogens with one attached hydrogen (secondary N) is 1. The molecule has 23 heavy (non-hydrogen) atoms. The Morgan fingerprint density at radius 1 is 1.00 bits per heavy atom. The zero-order chi connectivity index (χ0) is 15.9. The predicted octanol–water partition coefficient (Wildman–Crippen LogP) is 2.30. The molecule has 5 nitrogen and oxygen atoms in total. The van der Waals surface area contributed by atoms with Gasteiger partial charge in [-0.15, -0.1) is 0 Å². The smallest absolute Gasteiger partial charge is 0.269 e. The van der Waals surface area contributed by atoms with Gasteiger partial charge in [0.2, 0.25) is 0 Å². The molecule has 2 aromatic heterocycles. The summed E-state index contributed by atoms with van der Waals surface area (Å²) in [6.07, 6.45) is 6.04. The SMILES string of the molecule is O=C(NCCc1nccn1Cc1ccccc1)c1ccccn1. The molecule has 0 aliphatic heterocycles. The van der Waals surface area contributed by atoms with Crippen LogP contribution in [0, 0.1) is 0 Å². The highest BCUT2D eigenvalue weighted by Crippen LogP contribution is 2.06. The third-order valence-corrected chi connectivity index (χ3v) is 3.53. The third kappa shape index (κ3) is 4.03. The van der Waals surface area contributed by atoms with Crippen molar-refractivity contribution in [1.82, 2.24) is 19.9 Å². The summed E-state index contributed by atoms with van der Waals surface area (Å²) >= 11 is 0. The predicted molar refractivity (Wildman–Crippen MR) is 88.0 cm³/mol. The Morgan fingerprint density at radius 2 is 1.83 bits per heavy atom. The number of aromatic nitrogens is 3. The van der Waals surface area contributed by atoms with Crippen molar-refractivity contribution in [3.05, 3.63) is 84.2 Å². The largest absolute Gasteiger partial charge is 0.350 e. The van der Waals surface area contributed by atoms with Crippen molar-refractivity contribution in [3.8, 4) is 0 Å². The molecule has 0 saturated heterocycles. The zero-order valence-corrected chi connectivity index (χ0v) is 12.7. The Labute approximate surface area is 135 Å². The average molecular weight is 306 g/mol. The van der Waals surface area contributed by atoms with E-state index in [2.05, 4.69) is 32.0 Å². The monoisotopic (exact) mass is 306 g/mol. The van der Waals surface area contributed by atoms with E-state index in [1.54, 1.807) is 30.6 Å². The minimum absolute atomic E-state index is 0.160. The second kappa shape index (κ2) is 7.35. The van der Waals surface area contributed by atoms with Gasteiger partial charge in [0.25, 0.3) is 5.91 Å². The number of hydrogen-bond donors (Lipinski definition) is 1. The molecule has 2 heterocycles. The van der Waals surface area contributed by atoms with Gasteiger partial charge in [-0.3, -0.25) is 9.78 Å². The van der Waals surface area contributed by atoms with Gasteiger partial charge < -0.3 is 9.88 Å². The van der Waals surface area contributed by atoms with E-state index in [4.69, 9.17) is 0 Å². The van der Waals surface area contributed by atoms with Crippen LogP contribution in [0.5, 0.6) is 0 Å². The summed E-state index contributed by atoms with van der Waals surface area (Å²) < 4.78 is 2.10. The number of carbonyl (C=O) groups excluding carboxylic acids is 1. The number of rotatable bonds is 6. The minimum Gasteiger partial charge on any atom is -0.350 e. The molecule has 116 valence electrons. The normalized spacial score (nSPS) is 10.4. The van der Waals surface area contributed by atoms with E-state index >= 15 is 0 Å². The highest BCUT2D eigenvalue weighted by atomic mass is 16.1. The first-order valence-corrected chi connectivity index (χ1v) is 7.56. The van der Waals surface area contributed by atoms with Crippen LogP contribution < -0.4 is 5.32 Å². The van der Waals surface area contributed by atoms with Crippen LogP contribution >= 0.6 is 0 Å². The second-order valence-electron chi connectivity index (χ2n) is 5.18. The van der Waals surface area contributed by atoms with Crippen molar-refractivity contribution in [2.24, 2.45) is 0 Å². The molecular formula is C18H18N4O. The van der Waals surface area contributed by atoms with Crippen molar-refractivity contribution in [2.45, 2.75) is 13.0 Å². The van der Waals surface area contributed by atoms with Crippen molar-refractivity contribution >= 4 is 5.91 Å². The molecule has 1 amide bonds. The van der Waals surface area contributed by atoms with Crippen molar-refractivity contribution in [3.63, 3.8) is 0 Å². The summed E-state index contributed by atoms with van der Waals surface area (Å²) in [6, 6.07) is 15.5. The fourth-order valence-electron chi connectivity index (χ4n) is 2.37. The molecule has 0 radical (unpaired) electrons. The van der Waals surface area contributed by atoms with Crippen molar-refractivity contribution in [1.29, 1.82) is 0 Å². The molecule has 5 heteroatoms. The summed E-state index contributed by atoms with van der Waals surface area (Å²) in [6.45, 7) is 1.31. The van der Waals surface area contributed by atoms with Crippen molar-refractivity contribution in [2.75, 3.05) is 6.54 Å². The first-order valence-electron chi connectivity index (χ1n) is 7.56. The van der Waals surface area contributed by atoms with Crippen LogP contribution in [0.3, 0.4) is 0 Å². The highest BCUT2D eigenvalue weighted by Gasteiger charge is 2.07. The van der Waals surface area contributed by atoms with Crippen molar-refractivity contribution < 1.29 is 4.79 Å².